The van der Waals surface area contributed by atoms with Crippen LogP contribution in [0.15, 0.2) is 35.4 Å². The fourth-order valence-corrected chi connectivity index (χ4v) is 4.71. The fraction of sp³-hybridized carbons (Fsp3) is 0.727. The SMILES string of the molecule is CC1OC(OC2C3CCOC(O3)C(N=[N+]=[N-])C2C)C(OCc2ccccc2)C(C)C1O. The van der Waals surface area contributed by atoms with Gasteiger partial charge in [-0.05, 0) is 30.4 Å². The molecule has 1 aromatic rings. The Kier molecular flexibility index (Phi) is 7.13. The van der Waals surface area contributed by atoms with Gasteiger partial charge in [0.15, 0.2) is 12.6 Å². The third-order valence-electron chi connectivity index (χ3n) is 6.61. The van der Waals surface area contributed by atoms with Crippen LogP contribution in [0.5, 0.6) is 0 Å². The molecule has 0 spiro atoms. The summed E-state index contributed by atoms with van der Waals surface area (Å²) in [6, 6.07) is 9.38. The molecule has 4 rings (SSSR count). The average Bonchev–Trinajstić information content (AvgIpc) is 2.78. The molecule has 3 saturated heterocycles. The Morgan fingerprint density at radius 1 is 1.13 bits per heavy atom. The topological polar surface area (TPSA) is 115 Å². The van der Waals surface area contributed by atoms with E-state index in [9.17, 15) is 5.11 Å². The zero-order valence-electron chi connectivity index (χ0n) is 18.1. The predicted octanol–water partition coefficient (Wildman–Crippen LogP) is 3.16. The van der Waals surface area contributed by atoms with E-state index in [1.165, 1.54) is 0 Å². The van der Waals surface area contributed by atoms with Gasteiger partial charge in [0, 0.05) is 10.8 Å². The molecule has 2 bridgehead atoms. The van der Waals surface area contributed by atoms with Crippen molar-refractivity contribution >= 4 is 0 Å². The molecule has 10 atom stereocenters. The van der Waals surface area contributed by atoms with E-state index in [2.05, 4.69) is 10.0 Å². The van der Waals surface area contributed by atoms with Crippen molar-refractivity contribution in [2.75, 3.05) is 6.61 Å². The van der Waals surface area contributed by atoms with Crippen LogP contribution in [0.3, 0.4) is 0 Å². The van der Waals surface area contributed by atoms with Crippen LogP contribution in [0.1, 0.15) is 32.8 Å². The van der Waals surface area contributed by atoms with Gasteiger partial charge < -0.3 is 28.8 Å². The Labute approximate surface area is 182 Å². The number of azide groups is 1. The molecule has 9 heteroatoms. The van der Waals surface area contributed by atoms with Gasteiger partial charge in [-0.25, -0.2) is 0 Å². The van der Waals surface area contributed by atoms with E-state index in [0.717, 1.165) is 5.56 Å². The molecule has 0 aliphatic carbocycles. The Bertz CT molecular complexity index is 776. The number of fused-ring (bicyclic) bond motifs is 2. The summed E-state index contributed by atoms with van der Waals surface area (Å²) in [7, 11) is 0. The Morgan fingerprint density at radius 2 is 1.90 bits per heavy atom. The van der Waals surface area contributed by atoms with Crippen molar-refractivity contribution in [1.82, 2.24) is 0 Å². The first-order valence-corrected chi connectivity index (χ1v) is 11.0. The fourth-order valence-electron chi connectivity index (χ4n) is 4.71. The summed E-state index contributed by atoms with van der Waals surface area (Å²) in [5.41, 5.74) is 10.0. The summed E-state index contributed by atoms with van der Waals surface area (Å²) in [6.07, 6.45) is -2.61. The van der Waals surface area contributed by atoms with Crippen LogP contribution in [-0.4, -0.2) is 60.9 Å². The van der Waals surface area contributed by atoms with E-state index in [1.807, 2.05) is 51.1 Å². The van der Waals surface area contributed by atoms with Crippen LogP contribution >= 0.6 is 0 Å². The minimum Gasteiger partial charge on any atom is -0.390 e. The molecular formula is C22H31N3O6. The molecule has 31 heavy (non-hydrogen) atoms. The first-order valence-electron chi connectivity index (χ1n) is 11.0. The molecule has 3 heterocycles. The number of benzene rings is 1. The molecule has 0 saturated carbocycles. The van der Waals surface area contributed by atoms with E-state index >= 15 is 0 Å². The van der Waals surface area contributed by atoms with E-state index < -0.39 is 36.9 Å². The molecule has 1 aromatic carbocycles. The highest BCUT2D eigenvalue weighted by Crippen LogP contribution is 2.38. The summed E-state index contributed by atoms with van der Waals surface area (Å²) in [6.45, 7) is 6.66. The lowest BCUT2D eigenvalue weighted by Crippen LogP contribution is -2.61. The average molecular weight is 434 g/mol. The summed E-state index contributed by atoms with van der Waals surface area (Å²) in [4.78, 5) is 2.97. The number of ether oxygens (including phenoxy) is 5. The van der Waals surface area contributed by atoms with Crippen molar-refractivity contribution < 1.29 is 28.8 Å². The first-order chi connectivity index (χ1) is 15.0. The van der Waals surface area contributed by atoms with Crippen LogP contribution in [0.4, 0.5) is 0 Å². The predicted molar refractivity (Wildman–Crippen MR) is 111 cm³/mol. The second-order valence-corrected chi connectivity index (χ2v) is 8.68. The van der Waals surface area contributed by atoms with Gasteiger partial charge in [-0.3, -0.25) is 0 Å². The zero-order valence-corrected chi connectivity index (χ0v) is 18.1. The minimum absolute atomic E-state index is 0.129. The summed E-state index contributed by atoms with van der Waals surface area (Å²) >= 11 is 0. The van der Waals surface area contributed by atoms with Gasteiger partial charge in [0.1, 0.15) is 6.10 Å². The van der Waals surface area contributed by atoms with Gasteiger partial charge in [0.05, 0.1) is 43.7 Å². The third kappa shape index (κ3) is 4.73. The molecule has 0 radical (unpaired) electrons. The summed E-state index contributed by atoms with van der Waals surface area (Å²) in [5, 5.41) is 14.5. The number of rotatable bonds is 6. The molecule has 0 aromatic heterocycles. The standard InChI is InChI=1S/C22H31N3O6/c1-12-17(24-25-23)21-27-10-9-16(30-21)19(12)31-22-20(13(2)18(26)14(3)29-22)28-11-15-7-5-4-6-8-15/h4-8,12-14,16-22,26H,9-11H2,1-3H3. The highest BCUT2D eigenvalue weighted by Gasteiger charge is 2.50. The van der Waals surface area contributed by atoms with Crippen molar-refractivity contribution in [2.45, 2.75) is 82.9 Å². The van der Waals surface area contributed by atoms with E-state index in [-0.39, 0.29) is 24.0 Å². The lowest BCUT2D eigenvalue weighted by atomic mass is 9.86. The maximum absolute atomic E-state index is 10.6. The largest absolute Gasteiger partial charge is 0.390 e. The number of aliphatic hydroxyl groups is 1. The van der Waals surface area contributed by atoms with Gasteiger partial charge in [-0.2, -0.15) is 0 Å². The lowest BCUT2D eigenvalue weighted by Gasteiger charge is -2.50. The van der Waals surface area contributed by atoms with Gasteiger partial charge in [-0.1, -0.05) is 49.3 Å². The van der Waals surface area contributed by atoms with Crippen LogP contribution in [0.25, 0.3) is 10.4 Å². The molecule has 1 N–H and O–H groups in total. The van der Waals surface area contributed by atoms with Crippen LogP contribution < -0.4 is 0 Å². The number of hydrogen-bond donors (Lipinski definition) is 1. The first kappa shape index (κ1) is 22.5. The zero-order chi connectivity index (χ0) is 22.0. The number of hydrogen-bond acceptors (Lipinski definition) is 7. The monoisotopic (exact) mass is 433 g/mol. The molecule has 3 aliphatic rings. The highest BCUT2D eigenvalue weighted by molar-refractivity contribution is 5.13. The lowest BCUT2D eigenvalue weighted by molar-refractivity contribution is -0.346. The molecule has 3 fully saturated rings. The van der Waals surface area contributed by atoms with E-state index in [0.29, 0.717) is 19.6 Å². The maximum atomic E-state index is 10.6. The van der Waals surface area contributed by atoms with Gasteiger partial charge in [0.2, 0.25) is 0 Å². The highest BCUT2D eigenvalue weighted by atomic mass is 16.7. The van der Waals surface area contributed by atoms with Crippen LogP contribution in [0, 0.1) is 11.8 Å². The quantitative estimate of drug-likeness (QED) is 0.419. The normalized spacial score (nSPS) is 42.6. The van der Waals surface area contributed by atoms with Gasteiger partial charge in [-0.15, -0.1) is 0 Å². The van der Waals surface area contributed by atoms with Gasteiger partial charge >= 0.3 is 0 Å². The summed E-state index contributed by atoms with van der Waals surface area (Å²) in [5.74, 6) is -0.316. The smallest absolute Gasteiger partial charge is 0.184 e. The van der Waals surface area contributed by atoms with Crippen LogP contribution in [-0.2, 0) is 30.3 Å². The molecule has 10 unspecified atom stereocenters. The third-order valence-corrected chi connectivity index (χ3v) is 6.61. The Balaban J connectivity index is 1.52. The molecule has 170 valence electrons. The second kappa shape index (κ2) is 9.83. The molecule has 9 nitrogen and oxygen atoms in total. The number of aliphatic hydroxyl groups excluding tert-OH is 1. The Hall–Kier alpha value is -1.71. The summed E-state index contributed by atoms with van der Waals surface area (Å²) < 4.78 is 30.4. The Morgan fingerprint density at radius 3 is 2.65 bits per heavy atom. The van der Waals surface area contributed by atoms with Crippen LogP contribution in [0.2, 0.25) is 0 Å². The molecular weight excluding hydrogens is 402 g/mol. The maximum Gasteiger partial charge on any atom is 0.184 e. The molecule has 0 amide bonds. The van der Waals surface area contributed by atoms with Crippen molar-refractivity contribution in [3.8, 4) is 0 Å². The van der Waals surface area contributed by atoms with Gasteiger partial charge in [0.25, 0.3) is 0 Å². The van der Waals surface area contributed by atoms with E-state index in [1.54, 1.807) is 0 Å². The number of nitrogens with zero attached hydrogens (tertiary/aromatic N) is 3. The van der Waals surface area contributed by atoms with Crippen molar-refractivity contribution in [3.63, 3.8) is 0 Å². The second-order valence-electron chi connectivity index (χ2n) is 8.68. The van der Waals surface area contributed by atoms with Crippen molar-refractivity contribution in [1.29, 1.82) is 0 Å². The van der Waals surface area contributed by atoms with Crippen molar-refractivity contribution in [3.05, 3.63) is 46.3 Å². The van der Waals surface area contributed by atoms with E-state index in [4.69, 9.17) is 29.2 Å². The molecule has 3 aliphatic heterocycles. The minimum atomic E-state index is -0.681. The van der Waals surface area contributed by atoms with Crippen molar-refractivity contribution in [2.24, 2.45) is 17.0 Å².